The number of sulfonamides is 1. The van der Waals surface area contributed by atoms with Gasteiger partial charge >= 0.3 is 0 Å². The van der Waals surface area contributed by atoms with Gasteiger partial charge in [-0.05, 0) is 29.3 Å². The van der Waals surface area contributed by atoms with Crippen LogP contribution in [0.25, 0.3) is 22.2 Å². The van der Waals surface area contributed by atoms with Gasteiger partial charge in [0.1, 0.15) is 5.65 Å². The highest BCUT2D eigenvalue weighted by Gasteiger charge is 2.33. The summed E-state index contributed by atoms with van der Waals surface area (Å²) in [4.78, 5) is 6.77. The number of aryl methyl sites for hydroxylation is 2. The molecule has 1 N–H and O–H groups in total. The summed E-state index contributed by atoms with van der Waals surface area (Å²) in [5, 5.41) is 4.78. The van der Waals surface area contributed by atoms with Gasteiger partial charge in [0.05, 0.1) is 11.1 Å². The van der Waals surface area contributed by atoms with E-state index in [4.69, 9.17) is 0 Å². The molecule has 4 aromatic rings. The molecule has 0 fully saturated rings. The van der Waals surface area contributed by atoms with Gasteiger partial charge in [0.25, 0.3) is 10.0 Å². The molecule has 0 aliphatic carbocycles. The highest BCUT2D eigenvalue weighted by atomic mass is 32.2. The van der Waals surface area contributed by atoms with Gasteiger partial charge < -0.3 is 9.47 Å². The predicted molar refractivity (Wildman–Crippen MR) is 126 cm³/mol. The summed E-state index contributed by atoms with van der Waals surface area (Å²) in [6.45, 7) is 5.46. The number of fused-ring (bicyclic) bond motifs is 2. The molecule has 0 saturated heterocycles. The van der Waals surface area contributed by atoms with Gasteiger partial charge in [0.15, 0.2) is 5.03 Å². The Kier molecular flexibility index (Phi) is 4.39. The third kappa shape index (κ3) is 3.15. The Morgan fingerprint density at radius 1 is 1.09 bits per heavy atom. The van der Waals surface area contributed by atoms with E-state index in [1.165, 1.54) is 22.0 Å². The summed E-state index contributed by atoms with van der Waals surface area (Å²) in [7, 11) is 1.87. The fourth-order valence-corrected chi connectivity index (χ4v) is 5.73. The molecule has 0 atom stereocenters. The fourth-order valence-electron chi connectivity index (χ4n) is 4.69. The van der Waals surface area contributed by atoms with Crippen molar-refractivity contribution in [1.29, 1.82) is 0 Å². The third-order valence-electron chi connectivity index (χ3n) is 6.15. The lowest BCUT2D eigenvalue weighted by Gasteiger charge is -2.18. The molecule has 1 aliphatic heterocycles. The van der Waals surface area contributed by atoms with Gasteiger partial charge in [-0.2, -0.15) is 13.5 Å². The molecule has 0 bridgehead atoms. The molecule has 1 aliphatic rings. The highest BCUT2D eigenvalue weighted by Crippen LogP contribution is 2.43. The van der Waals surface area contributed by atoms with Crippen molar-refractivity contribution < 1.29 is 8.42 Å². The van der Waals surface area contributed by atoms with E-state index in [-0.39, 0.29) is 10.4 Å². The first-order valence-corrected chi connectivity index (χ1v) is 11.9. The SMILES string of the molecule is CN1CC(C)(C)c2ccc(-c3cn(C)c4nccc(NS(=O)(=O)c5ccn(C)n5)c34)cc21. The lowest BCUT2D eigenvalue weighted by molar-refractivity contribution is 0.563. The number of hydrogen-bond acceptors (Lipinski definition) is 5. The standard InChI is InChI=1S/C23H26N6O2S/c1-23(2)14-28(4)19-12-15(6-7-17(19)23)16-13-27(3)22-21(16)18(8-10-24-22)26-32(30,31)20-9-11-29(5)25-20/h6-13H,14H2,1-5H3,(H,24,26). The van der Waals surface area contributed by atoms with Gasteiger partial charge in [0, 0.05) is 62.9 Å². The molecule has 0 unspecified atom stereocenters. The van der Waals surface area contributed by atoms with Crippen LogP contribution in [0.1, 0.15) is 19.4 Å². The van der Waals surface area contributed by atoms with E-state index >= 15 is 0 Å². The molecular formula is C23H26N6O2S. The lowest BCUT2D eigenvalue weighted by Crippen LogP contribution is -2.24. The van der Waals surface area contributed by atoms with Crippen LogP contribution >= 0.6 is 0 Å². The molecular weight excluding hydrogens is 424 g/mol. The zero-order chi connectivity index (χ0) is 22.8. The number of hydrogen-bond donors (Lipinski definition) is 1. The molecule has 4 heterocycles. The van der Waals surface area contributed by atoms with Crippen LogP contribution in [-0.4, -0.2) is 41.3 Å². The molecule has 1 aromatic carbocycles. The Morgan fingerprint density at radius 2 is 1.88 bits per heavy atom. The minimum atomic E-state index is -3.83. The van der Waals surface area contributed by atoms with Crippen molar-refractivity contribution in [3.63, 3.8) is 0 Å². The molecule has 9 heteroatoms. The summed E-state index contributed by atoms with van der Waals surface area (Å²) in [5.74, 6) is 0. The molecule has 0 amide bonds. The Balaban J connectivity index is 1.66. The second kappa shape index (κ2) is 6.83. The first-order valence-electron chi connectivity index (χ1n) is 10.4. The van der Waals surface area contributed by atoms with E-state index in [9.17, 15) is 8.42 Å². The molecule has 0 radical (unpaired) electrons. The maximum Gasteiger partial charge on any atom is 0.281 e. The Labute approximate surface area is 187 Å². The summed E-state index contributed by atoms with van der Waals surface area (Å²) in [6.07, 6.45) is 5.21. The van der Waals surface area contributed by atoms with Crippen LogP contribution < -0.4 is 9.62 Å². The van der Waals surface area contributed by atoms with Crippen LogP contribution in [-0.2, 0) is 29.5 Å². The van der Waals surface area contributed by atoms with Gasteiger partial charge in [-0.25, -0.2) is 4.98 Å². The maximum atomic E-state index is 13.0. The minimum absolute atomic E-state index is 0.0242. The number of nitrogens with zero attached hydrogens (tertiary/aromatic N) is 5. The molecule has 8 nitrogen and oxygen atoms in total. The minimum Gasteiger partial charge on any atom is -0.373 e. The Hall–Kier alpha value is -3.33. The average Bonchev–Trinajstić information content (AvgIpc) is 3.37. The molecule has 0 saturated carbocycles. The van der Waals surface area contributed by atoms with Crippen molar-refractivity contribution in [2.75, 3.05) is 23.2 Å². The first-order chi connectivity index (χ1) is 15.1. The van der Waals surface area contributed by atoms with E-state index < -0.39 is 10.0 Å². The topological polar surface area (TPSA) is 85.0 Å². The number of likely N-dealkylation sites (N-methyl/N-ethyl adjacent to an activating group) is 1. The number of aromatic nitrogens is 4. The molecule has 3 aromatic heterocycles. The monoisotopic (exact) mass is 450 g/mol. The van der Waals surface area contributed by atoms with Crippen molar-refractivity contribution in [2.45, 2.75) is 24.3 Å². The largest absolute Gasteiger partial charge is 0.373 e. The molecule has 0 spiro atoms. The fraction of sp³-hybridized carbons (Fsp3) is 0.304. The number of benzene rings is 1. The molecule has 5 rings (SSSR count). The van der Waals surface area contributed by atoms with Crippen molar-refractivity contribution >= 4 is 32.4 Å². The number of anilines is 2. The third-order valence-corrected chi connectivity index (χ3v) is 7.40. The van der Waals surface area contributed by atoms with E-state index in [2.05, 4.69) is 58.8 Å². The van der Waals surface area contributed by atoms with Gasteiger partial charge in [-0.1, -0.05) is 26.0 Å². The number of rotatable bonds is 4. The smallest absolute Gasteiger partial charge is 0.281 e. The second-order valence-corrected chi connectivity index (χ2v) is 10.7. The summed E-state index contributed by atoms with van der Waals surface area (Å²) >= 11 is 0. The summed E-state index contributed by atoms with van der Waals surface area (Å²) in [5.41, 5.74) is 5.73. The van der Waals surface area contributed by atoms with E-state index in [1.807, 2.05) is 17.8 Å². The van der Waals surface area contributed by atoms with Crippen molar-refractivity contribution in [3.8, 4) is 11.1 Å². The zero-order valence-electron chi connectivity index (χ0n) is 18.8. The van der Waals surface area contributed by atoms with E-state index in [1.54, 1.807) is 25.5 Å². The predicted octanol–water partition coefficient (Wildman–Crippen LogP) is 3.50. The molecule has 32 heavy (non-hydrogen) atoms. The van der Waals surface area contributed by atoms with Crippen molar-refractivity contribution in [1.82, 2.24) is 19.3 Å². The van der Waals surface area contributed by atoms with Gasteiger partial charge in [-0.3, -0.25) is 9.40 Å². The van der Waals surface area contributed by atoms with E-state index in [0.29, 0.717) is 11.3 Å². The lowest BCUT2D eigenvalue weighted by atomic mass is 9.86. The van der Waals surface area contributed by atoms with Crippen LogP contribution in [0.2, 0.25) is 0 Å². The van der Waals surface area contributed by atoms with Crippen LogP contribution in [0.3, 0.4) is 0 Å². The van der Waals surface area contributed by atoms with Crippen LogP contribution in [0.15, 0.2) is 53.9 Å². The van der Waals surface area contributed by atoms with E-state index in [0.717, 1.165) is 23.1 Å². The first kappa shape index (κ1) is 20.6. The van der Waals surface area contributed by atoms with Crippen molar-refractivity contribution in [2.24, 2.45) is 14.1 Å². The zero-order valence-corrected chi connectivity index (χ0v) is 19.6. The normalized spacial score (nSPS) is 15.3. The number of pyridine rings is 1. The second-order valence-electron chi connectivity index (χ2n) is 9.12. The summed E-state index contributed by atoms with van der Waals surface area (Å²) < 4.78 is 32.0. The number of nitrogens with one attached hydrogen (secondary N) is 1. The van der Waals surface area contributed by atoms with Gasteiger partial charge in [-0.15, -0.1) is 0 Å². The van der Waals surface area contributed by atoms with Crippen LogP contribution in [0.5, 0.6) is 0 Å². The maximum absolute atomic E-state index is 13.0. The average molecular weight is 451 g/mol. The summed E-state index contributed by atoms with van der Waals surface area (Å²) in [6, 6.07) is 9.64. The quantitative estimate of drug-likeness (QED) is 0.514. The Morgan fingerprint density at radius 3 is 2.59 bits per heavy atom. The molecule has 166 valence electrons. The van der Waals surface area contributed by atoms with Gasteiger partial charge in [0.2, 0.25) is 0 Å². The Bertz CT molecular complexity index is 1470. The van der Waals surface area contributed by atoms with Crippen LogP contribution in [0.4, 0.5) is 11.4 Å². The van der Waals surface area contributed by atoms with Crippen molar-refractivity contribution in [3.05, 3.63) is 54.5 Å². The van der Waals surface area contributed by atoms with Crippen LogP contribution in [0, 0.1) is 0 Å². The highest BCUT2D eigenvalue weighted by molar-refractivity contribution is 7.92.